The van der Waals surface area contributed by atoms with Gasteiger partial charge in [0, 0.05) is 6.54 Å². The summed E-state index contributed by atoms with van der Waals surface area (Å²) in [6, 6.07) is 7.06. The van der Waals surface area contributed by atoms with Crippen molar-refractivity contribution in [2.75, 3.05) is 13.2 Å². The quantitative estimate of drug-likeness (QED) is 0.804. The Morgan fingerprint density at radius 1 is 1.41 bits per heavy atom. The van der Waals surface area contributed by atoms with E-state index in [4.69, 9.17) is 4.74 Å². The summed E-state index contributed by atoms with van der Waals surface area (Å²) in [6.45, 7) is 2.86. The van der Waals surface area contributed by atoms with Crippen LogP contribution in [0.25, 0.3) is 0 Å². The number of carbonyl (C=O) groups is 2. The van der Waals surface area contributed by atoms with Crippen LogP contribution in [0.5, 0.6) is 0 Å². The summed E-state index contributed by atoms with van der Waals surface area (Å²) in [7, 11) is 0. The van der Waals surface area contributed by atoms with Gasteiger partial charge in [0.2, 0.25) is 5.91 Å². The summed E-state index contributed by atoms with van der Waals surface area (Å²) in [5.74, 6) is -0.338. The maximum absolute atomic E-state index is 11.5. The van der Waals surface area contributed by atoms with Crippen LogP contribution in [0.15, 0.2) is 24.3 Å². The molecule has 4 heteroatoms. The van der Waals surface area contributed by atoms with Crippen LogP contribution in [0.3, 0.4) is 0 Å². The van der Waals surface area contributed by atoms with Gasteiger partial charge in [-0.3, -0.25) is 4.79 Å². The highest BCUT2D eigenvalue weighted by molar-refractivity contribution is 5.90. The van der Waals surface area contributed by atoms with Gasteiger partial charge < -0.3 is 10.1 Å². The van der Waals surface area contributed by atoms with Crippen LogP contribution in [0.2, 0.25) is 0 Å². The fourth-order valence-electron chi connectivity index (χ4n) is 1.98. The topological polar surface area (TPSA) is 55.4 Å². The lowest BCUT2D eigenvalue weighted by Gasteiger charge is -2.08. The second-order valence-electron chi connectivity index (χ2n) is 3.97. The molecule has 0 bridgehead atoms. The van der Waals surface area contributed by atoms with Crippen molar-refractivity contribution in [3.05, 3.63) is 35.4 Å². The Balaban J connectivity index is 2.12. The summed E-state index contributed by atoms with van der Waals surface area (Å²) < 4.78 is 4.90. The minimum atomic E-state index is -0.324. The number of hydrogen-bond acceptors (Lipinski definition) is 3. The second-order valence-corrected chi connectivity index (χ2v) is 3.97. The number of amides is 1. The van der Waals surface area contributed by atoms with Gasteiger partial charge in [0.25, 0.3) is 0 Å². The van der Waals surface area contributed by atoms with E-state index in [-0.39, 0.29) is 17.8 Å². The van der Waals surface area contributed by atoms with Crippen molar-refractivity contribution >= 4 is 11.9 Å². The van der Waals surface area contributed by atoms with Gasteiger partial charge in [-0.15, -0.1) is 0 Å². The predicted molar refractivity (Wildman–Crippen MR) is 62.8 cm³/mol. The molecule has 1 aromatic rings. The van der Waals surface area contributed by atoms with Gasteiger partial charge in [0.1, 0.15) is 0 Å². The molecule has 17 heavy (non-hydrogen) atoms. The highest BCUT2D eigenvalue weighted by Gasteiger charge is 2.25. The highest BCUT2D eigenvalue weighted by atomic mass is 16.5. The third-order valence-corrected chi connectivity index (χ3v) is 2.87. The number of hydrogen-bond donors (Lipinski definition) is 1. The molecule has 1 aromatic carbocycles. The van der Waals surface area contributed by atoms with Crippen LogP contribution in [-0.4, -0.2) is 25.0 Å². The van der Waals surface area contributed by atoms with Gasteiger partial charge in [-0.2, -0.15) is 0 Å². The first-order chi connectivity index (χ1) is 8.22. The highest BCUT2D eigenvalue weighted by Crippen LogP contribution is 2.23. The lowest BCUT2D eigenvalue weighted by atomic mass is 9.97. The lowest BCUT2D eigenvalue weighted by molar-refractivity contribution is -0.120. The van der Waals surface area contributed by atoms with Gasteiger partial charge >= 0.3 is 5.97 Å². The molecule has 1 aliphatic rings. The number of carbonyl (C=O) groups excluding carboxylic acids is 2. The number of rotatable bonds is 3. The molecule has 1 unspecified atom stereocenters. The van der Waals surface area contributed by atoms with Crippen molar-refractivity contribution in [2.45, 2.75) is 19.3 Å². The summed E-state index contributed by atoms with van der Waals surface area (Å²) in [4.78, 5) is 22.9. The Kier molecular flexibility index (Phi) is 3.42. The third-order valence-electron chi connectivity index (χ3n) is 2.87. The summed E-state index contributed by atoms with van der Waals surface area (Å²) in [5, 5.41) is 2.80. The molecule has 1 saturated heterocycles. The Labute approximate surface area is 100.0 Å². The SMILES string of the molecule is CCOC(=O)c1ccc(C2CCNC2=O)cc1. The molecule has 1 amide bonds. The van der Waals surface area contributed by atoms with Crippen LogP contribution in [0.4, 0.5) is 0 Å². The summed E-state index contributed by atoms with van der Waals surface area (Å²) in [5.41, 5.74) is 1.47. The molecule has 90 valence electrons. The van der Waals surface area contributed by atoms with Gasteiger partial charge in [-0.05, 0) is 31.0 Å². The molecule has 1 N–H and O–H groups in total. The van der Waals surface area contributed by atoms with Crippen molar-refractivity contribution in [1.82, 2.24) is 5.32 Å². The van der Waals surface area contributed by atoms with E-state index in [1.54, 1.807) is 19.1 Å². The molecule has 1 heterocycles. The molecule has 0 saturated carbocycles. The average Bonchev–Trinajstić information content (AvgIpc) is 2.76. The van der Waals surface area contributed by atoms with Crippen LogP contribution >= 0.6 is 0 Å². The normalized spacial score (nSPS) is 18.9. The zero-order valence-electron chi connectivity index (χ0n) is 9.73. The van der Waals surface area contributed by atoms with Gasteiger partial charge in [0.05, 0.1) is 18.1 Å². The van der Waals surface area contributed by atoms with E-state index in [0.29, 0.717) is 12.2 Å². The van der Waals surface area contributed by atoms with E-state index < -0.39 is 0 Å². The molecule has 0 radical (unpaired) electrons. The summed E-state index contributed by atoms with van der Waals surface area (Å²) >= 11 is 0. The zero-order chi connectivity index (χ0) is 12.3. The van der Waals surface area contributed by atoms with Crippen molar-refractivity contribution in [2.24, 2.45) is 0 Å². The summed E-state index contributed by atoms with van der Waals surface area (Å²) in [6.07, 6.45) is 0.817. The molecule has 1 aliphatic heterocycles. The molecular formula is C13H15NO3. The second kappa shape index (κ2) is 4.99. The fraction of sp³-hybridized carbons (Fsp3) is 0.385. The first-order valence-electron chi connectivity index (χ1n) is 5.77. The molecule has 4 nitrogen and oxygen atoms in total. The Hall–Kier alpha value is -1.84. The molecule has 0 aromatic heterocycles. The van der Waals surface area contributed by atoms with Crippen LogP contribution in [-0.2, 0) is 9.53 Å². The van der Waals surface area contributed by atoms with Crippen molar-refractivity contribution in [1.29, 1.82) is 0 Å². The van der Waals surface area contributed by atoms with E-state index in [2.05, 4.69) is 5.32 Å². The molecule has 0 spiro atoms. The lowest BCUT2D eigenvalue weighted by Crippen LogP contribution is -2.17. The first-order valence-corrected chi connectivity index (χ1v) is 5.77. The van der Waals surface area contributed by atoms with E-state index in [1.807, 2.05) is 12.1 Å². The molecule has 0 aliphatic carbocycles. The predicted octanol–water partition coefficient (Wildman–Crippen LogP) is 1.47. The smallest absolute Gasteiger partial charge is 0.338 e. The van der Waals surface area contributed by atoms with Crippen LogP contribution < -0.4 is 5.32 Å². The van der Waals surface area contributed by atoms with Gasteiger partial charge in [-0.25, -0.2) is 4.79 Å². The number of benzene rings is 1. The molecule has 1 atom stereocenters. The van der Waals surface area contributed by atoms with Crippen LogP contribution in [0, 0.1) is 0 Å². The van der Waals surface area contributed by atoms with Crippen molar-refractivity contribution in [3.63, 3.8) is 0 Å². The van der Waals surface area contributed by atoms with Gasteiger partial charge in [0.15, 0.2) is 0 Å². The fourth-order valence-corrected chi connectivity index (χ4v) is 1.98. The Morgan fingerprint density at radius 3 is 2.65 bits per heavy atom. The Morgan fingerprint density at radius 2 is 2.12 bits per heavy atom. The molecule has 1 fully saturated rings. The third kappa shape index (κ3) is 2.46. The minimum absolute atomic E-state index is 0.0638. The maximum Gasteiger partial charge on any atom is 0.338 e. The zero-order valence-corrected chi connectivity index (χ0v) is 9.73. The van der Waals surface area contributed by atoms with Crippen molar-refractivity contribution < 1.29 is 14.3 Å². The molecular weight excluding hydrogens is 218 g/mol. The molecule has 2 rings (SSSR count). The largest absolute Gasteiger partial charge is 0.462 e. The first kappa shape index (κ1) is 11.6. The van der Waals surface area contributed by atoms with E-state index in [1.165, 1.54) is 0 Å². The number of esters is 1. The van der Waals surface area contributed by atoms with E-state index in [9.17, 15) is 9.59 Å². The monoisotopic (exact) mass is 233 g/mol. The van der Waals surface area contributed by atoms with Crippen LogP contribution in [0.1, 0.15) is 35.2 Å². The standard InChI is InChI=1S/C13H15NO3/c1-2-17-13(16)10-5-3-9(4-6-10)11-7-8-14-12(11)15/h3-6,11H,2,7-8H2,1H3,(H,14,15). The maximum atomic E-state index is 11.5. The number of nitrogens with one attached hydrogen (secondary N) is 1. The van der Waals surface area contributed by atoms with E-state index in [0.717, 1.165) is 18.5 Å². The van der Waals surface area contributed by atoms with Crippen molar-refractivity contribution in [3.8, 4) is 0 Å². The van der Waals surface area contributed by atoms with E-state index >= 15 is 0 Å². The average molecular weight is 233 g/mol. The minimum Gasteiger partial charge on any atom is -0.462 e. The Bertz CT molecular complexity index is 425. The number of ether oxygens (including phenoxy) is 1. The van der Waals surface area contributed by atoms with Gasteiger partial charge in [-0.1, -0.05) is 12.1 Å².